The Morgan fingerprint density at radius 2 is 1.77 bits per heavy atom. The minimum absolute atomic E-state index is 0.117. The number of ether oxygens (including phenoxy) is 2. The summed E-state index contributed by atoms with van der Waals surface area (Å²) in [7, 11) is -2.05. The average Bonchev–Trinajstić information content (AvgIpc) is 2.79. The van der Waals surface area contributed by atoms with Gasteiger partial charge in [0.2, 0.25) is 10.0 Å². The van der Waals surface area contributed by atoms with Gasteiger partial charge in [0.1, 0.15) is 5.75 Å². The number of hydrogen-bond acceptors (Lipinski definition) is 5. The molecule has 6 nitrogen and oxygen atoms in total. The monoisotopic (exact) mass is 426 g/mol. The zero-order valence-electron chi connectivity index (χ0n) is 17.0. The Labute approximate surface area is 177 Å². The molecular weight excluding hydrogens is 400 g/mol. The number of nitrogens with one attached hydrogen (secondary N) is 1. The second-order valence-corrected chi connectivity index (χ2v) is 9.01. The number of methoxy groups -OCH3 is 1. The molecule has 1 aliphatic heterocycles. The average molecular weight is 427 g/mol. The van der Waals surface area contributed by atoms with Crippen molar-refractivity contribution in [3.63, 3.8) is 0 Å². The van der Waals surface area contributed by atoms with E-state index in [4.69, 9.17) is 9.47 Å². The van der Waals surface area contributed by atoms with Crippen molar-refractivity contribution in [1.29, 1.82) is 0 Å². The molecule has 0 bridgehead atoms. The molecule has 0 spiro atoms. The lowest BCUT2D eigenvalue weighted by atomic mass is 10.0. The summed E-state index contributed by atoms with van der Waals surface area (Å²) in [6, 6.07) is 20.5. The smallest absolute Gasteiger partial charge is 0.241 e. The van der Waals surface area contributed by atoms with Gasteiger partial charge in [0.25, 0.3) is 0 Å². The number of benzene rings is 3. The highest BCUT2D eigenvalue weighted by molar-refractivity contribution is 7.89. The second-order valence-electron chi connectivity index (χ2n) is 7.27. The van der Waals surface area contributed by atoms with Crippen LogP contribution in [0, 0.1) is 0 Å². The third-order valence-corrected chi connectivity index (χ3v) is 6.95. The SMILES string of the molecule is COc1cccc([C@@H](CNS(=O)(=O)c2cccc3ccccc23)N2CCOCC2)c1. The minimum Gasteiger partial charge on any atom is -0.497 e. The molecule has 4 rings (SSSR count). The molecular formula is C23H26N2O4S. The summed E-state index contributed by atoms with van der Waals surface area (Å²) in [4.78, 5) is 2.55. The quantitative estimate of drug-likeness (QED) is 0.628. The molecule has 0 saturated carbocycles. The van der Waals surface area contributed by atoms with E-state index < -0.39 is 10.0 Å². The first-order valence-corrected chi connectivity index (χ1v) is 11.5. The number of sulfonamides is 1. The predicted octanol–water partition coefficient (Wildman–Crippen LogP) is 3.20. The zero-order chi connectivity index (χ0) is 21.0. The van der Waals surface area contributed by atoms with Crippen LogP contribution >= 0.6 is 0 Å². The highest BCUT2D eigenvalue weighted by Gasteiger charge is 2.26. The van der Waals surface area contributed by atoms with Crippen molar-refractivity contribution in [3.8, 4) is 5.75 Å². The van der Waals surface area contributed by atoms with Gasteiger partial charge in [-0.1, -0.05) is 48.5 Å². The van der Waals surface area contributed by atoms with Crippen LogP contribution < -0.4 is 9.46 Å². The summed E-state index contributed by atoms with van der Waals surface area (Å²) in [5.74, 6) is 0.752. The largest absolute Gasteiger partial charge is 0.497 e. The number of fused-ring (bicyclic) bond motifs is 1. The maximum absolute atomic E-state index is 13.2. The van der Waals surface area contributed by atoms with Crippen molar-refractivity contribution in [2.75, 3.05) is 40.0 Å². The van der Waals surface area contributed by atoms with Gasteiger partial charge in [0, 0.05) is 31.1 Å². The van der Waals surface area contributed by atoms with E-state index in [0.29, 0.717) is 18.1 Å². The van der Waals surface area contributed by atoms with Crippen molar-refractivity contribution < 1.29 is 17.9 Å². The maximum atomic E-state index is 13.2. The van der Waals surface area contributed by atoms with Gasteiger partial charge in [-0.2, -0.15) is 0 Å². The summed E-state index contributed by atoms with van der Waals surface area (Å²) in [6.45, 7) is 3.03. The van der Waals surface area contributed by atoms with Crippen LogP contribution in [0.2, 0.25) is 0 Å². The summed E-state index contributed by atoms with van der Waals surface area (Å²) in [5, 5.41) is 1.62. The Morgan fingerprint density at radius 1 is 1.03 bits per heavy atom. The fourth-order valence-corrected chi connectivity index (χ4v) is 5.16. The van der Waals surface area contributed by atoms with Crippen LogP contribution in [0.15, 0.2) is 71.6 Å². The Balaban J connectivity index is 1.62. The van der Waals surface area contributed by atoms with Crippen LogP contribution in [0.25, 0.3) is 10.8 Å². The van der Waals surface area contributed by atoms with E-state index in [2.05, 4.69) is 9.62 Å². The normalized spacial score (nSPS) is 16.4. The first-order chi connectivity index (χ1) is 14.6. The van der Waals surface area contributed by atoms with Crippen LogP contribution in [-0.4, -0.2) is 53.3 Å². The van der Waals surface area contributed by atoms with E-state index >= 15 is 0 Å². The molecule has 1 heterocycles. The lowest BCUT2D eigenvalue weighted by Gasteiger charge is -2.35. The zero-order valence-corrected chi connectivity index (χ0v) is 17.8. The third kappa shape index (κ3) is 4.49. The molecule has 3 aromatic carbocycles. The van der Waals surface area contributed by atoms with E-state index in [9.17, 15) is 8.42 Å². The van der Waals surface area contributed by atoms with Gasteiger partial charge >= 0.3 is 0 Å². The van der Waals surface area contributed by atoms with Crippen LogP contribution in [0.4, 0.5) is 0 Å². The van der Waals surface area contributed by atoms with E-state index in [1.54, 1.807) is 19.2 Å². The first kappa shape index (κ1) is 20.8. The predicted molar refractivity (Wildman–Crippen MR) is 117 cm³/mol. The Morgan fingerprint density at radius 3 is 2.57 bits per heavy atom. The molecule has 0 aliphatic carbocycles. The number of hydrogen-bond donors (Lipinski definition) is 1. The van der Waals surface area contributed by atoms with E-state index in [1.807, 2.05) is 54.6 Å². The van der Waals surface area contributed by atoms with Crippen molar-refractivity contribution >= 4 is 20.8 Å². The molecule has 1 N–H and O–H groups in total. The Kier molecular flexibility index (Phi) is 6.34. The molecule has 1 fully saturated rings. The fraction of sp³-hybridized carbons (Fsp3) is 0.304. The van der Waals surface area contributed by atoms with Gasteiger partial charge in [0.15, 0.2) is 0 Å². The van der Waals surface area contributed by atoms with Crippen molar-refractivity contribution in [3.05, 3.63) is 72.3 Å². The molecule has 1 atom stereocenters. The molecule has 0 radical (unpaired) electrons. The second kappa shape index (κ2) is 9.14. The topological polar surface area (TPSA) is 67.9 Å². The molecule has 30 heavy (non-hydrogen) atoms. The highest BCUT2D eigenvalue weighted by atomic mass is 32.2. The summed E-state index contributed by atoms with van der Waals surface area (Å²) >= 11 is 0. The summed E-state index contributed by atoms with van der Waals surface area (Å²) in [5.41, 5.74) is 1.01. The lowest BCUT2D eigenvalue weighted by Crippen LogP contribution is -2.43. The van der Waals surface area contributed by atoms with Gasteiger partial charge in [-0.15, -0.1) is 0 Å². The van der Waals surface area contributed by atoms with Gasteiger partial charge in [-0.3, -0.25) is 4.90 Å². The molecule has 0 aromatic heterocycles. The van der Waals surface area contributed by atoms with Crippen molar-refractivity contribution in [2.45, 2.75) is 10.9 Å². The molecule has 1 saturated heterocycles. The fourth-order valence-electron chi connectivity index (χ4n) is 3.89. The molecule has 1 aliphatic rings. The molecule has 0 unspecified atom stereocenters. The van der Waals surface area contributed by atoms with Crippen molar-refractivity contribution in [2.24, 2.45) is 0 Å². The van der Waals surface area contributed by atoms with Gasteiger partial charge in [-0.05, 0) is 29.1 Å². The maximum Gasteiger partial charge on any atom is 0.241 e. The minimum atomic E-state index is -3.68. The third-order valence-electron chi connectivity index (χ3n) is 5.47. The van der Waals surface area contributed by atoms with Crippen molar-refractivity contribution in [1.82, 2.24) is 9.62 Å². The van der Waals surface area contributed by atoms with E-state index in [1.165, 1.54) is 0 Å². The van der Waals surface area contributed by atoms with Crippen LogP contribution in [0.3, 0.4) is 0 Å². The van der Waals surface area contributed by atoms with Crippen LogP contribution in [0.1, 0.15) is 11.6 Å². The van der Waals surface area contributed by atoms with Crippen LogP contribution in [-0.2, 0) is 14.8 Å². The first-order valence-electron chi connectivity index (χ1n) is 10.0. The molecule has 3 aromatic rings. The number of nitrogens with zero attached hydrogens (tertiary/aromatic N) is 1. The van der Waals surface area contributed by atoms with Gasteiger partial charge in [-0.25, -0.2) is 13.1 Å². The van der Waals surface area contributed by atoms with Gasteiger partial charge < -0.3 is 9.47 Å². The summed E-state index contributed by atoms with van der Waals surface area (Å²) < 4.78 is 40.1. The molecule has 158 valence electrons. The highest BCUT2D eigenvalue weighted by Crippen LogP contribution is 2.27. The molecule has 7 heteroatoms. The van der Waals surface area contributed by atoms with E-state index in [0.717, 1.165) is 35.2 Å². The van der Waals surface area contributed by atoms with Crippen LogP contribution in [0.5, 0.6) is 5.75 Å². The standard InChI is InChI=1S/C23H26N2O4S/c1-28-20-9-4-8-19(16-20)22(25-12-14-29-15-13-25)17-24-30(26,27)23-11-5-7-18-6-2-3-10-21(18)23/h2-11,16,22,24H,12-15,17H2,1H3/t22-/m1/s1. The Bertz CT molecular complexity index is 1110. The lowest BCUT2D eigenvalue weighted by molar-refractivity contribution is 0.0171. The number of rotatable bonds is 7. The van der Waals surface area contributed by atoms with E-state index in [-0.39, 0.29) is 12.6 Å². The number of morpholine rings is 1. The van der Waals surface area contributed by atoms with Gasteiger partial charge in [0.05, 0.1) is 25.2 Å². The molecule has 0 amide bonds. The Hall–Kier alpha value is -2.45. The summed E-state index contributed by atoms with van der Waals surface area (Å²) in [6.07, 6.45) is 0.